The summed E-state index contributed by atoms with van der Waals surface area (Å²) in [7, 11) is 0. The molecule has 25 heavy (non-hydrogen) atoms. The third kappa shape index (κ3) is 3.59. The molecule has 2 aromatic carbocycles. The van der Waals surface area contributed by atoms with Crippen molar-refractivity contribution < 1.29 is 0 Å². The predicted octanol–water partition coefficient (Wildman–Crippen LogP) is 4.48. The van der Waals surface area contributed by atoms with E-state index in [1.165, 1.54) is 16.8 Å². The first-order valence-corrected chi connectivity index (χ1v) is 8.84. The van der Waals surface area contributed by atoms with E-state index in [0.29, 0.717) is 5.95 Å². The fraction of sp³-hybridized carbons (Fsp3) is 0.200. The number of halogens is 1. The molecule has 1 aliphatic heterocycles. The van der Waals surface area contributed by atoms with Crippen molar-refractivity contribution in [2.75, 3.05) is 23.3 Å². The second kappa shape index (κ2) is 7.11. The van der Waals surface area contributed by atoms with Crippen LogP contribution in [0, 0.1) is 0 Å². The van der Waals surface area contributed by atoms with Crippen LogP contribution in [0.25, 0.3) is 0 Å². The SMILES string of the molecule is Clc1ccc(CCNc2nccc(N3CCc4ccccc43)n2)cc1. The maximum absolute atomic E-state index is 5.92. The summed E-state index contributed by atoms with van der Waals surface area (Å²) in [4.78, 5) is 11.3. The number of fused-ring (bicyclic) bond motifs is 1. The monoisotopic (exact) mass is 350 g/mol. The van der Waals surface area contributed by atoms with Gasteiger partial charge < -0.3 is 10.2 Å². The summed E-state index contributed by atoms with van der Waals surface area (Å²) in [5.74, 6) is 1.60. The van der Waals surface area contributed by atoms with Crippen LogP contribution in [-0.2, 0) is 12.8 Å². The lowest BCUT2D eigenvalue weighted by Gasteiger charge is -2.18. The Hall–Kier alpha value is -2.59. The molecule has 4 rings (SSSR count). The van der Waals surface area contributed by atoms with E-state index in [9.17, 15) is 0 Å². The lowest BCUT2D eigenvalue weighted by Crippen LogP contribution is -2.16. The van der Waals surface area contributed by atoms with Crippen molar-refractivity contribution in [3.05, 3.63) is 76.9 Å². The van der Waals surface area contributed by atoms with Crippen molar-refractivity contribution in [3.63, 3.8) is 0 Å². The Morgan fingerprint density at radius 2 is 1.88 bits per heavy atom. The quantitative estimate of drug-likeness (QED) is 0.736. The van der Waals surface area contributed by atoms with Gasteiger partial charge in [0.15, 0.2) is 0 Å². The highest BCUT2D eigenvalue weighted by molar-refractivity contribution is 6.30. The molecular formula is C20H19ClN4. The van der Waals surface area contributed by atoms with Gasteiger partial charge in [0, 0.05) is 30.0 Å². The first kappa shape index (κ1) is 15.9. The van der Waals surface area contributed by atoms with Gasteiger partial charge in [-0.15, -0.1) is 0 Å². The van der Waals surface area contributed by atoms with Crippen LogP contribution in [0.4, 0.5) is 17.5 Å². The molecule has 0 saturated carbocycles. The Bertz CT molecular complexity index is 864. The van der Waals surface area contributed by atoms with Crippen molar-refractivity contribution in [1.29, 1.82) is 0 Å². The Morgan fingerprint density at radius 1 is 1.04 bits per heavy atom. The fourth-order valence-corrected chi connectivity index (χ4v) is 3.26. The van der Waals surface area contributed by atoms with E-state index in [1.54, 1.807) is 0 Å². The standard InChI is InChI=1S/C20H19ClN4/c21-17-7-5-15(6-8-17)9-12-22-20-23-13-10-19(24-20)25-14-11-16-3-1-2-4-18(16)25/h1-8,10,13H,9,11-12,14H2,(H,22,23,24). The van der Waals surface area contributed by atoms with Gasteiger partial charge in [0.25, 0.3) is 0 Å². The van der Waals surface area contributed by atoms with Crippen LogP contribution in [0.15, 0.2) is 60.8 Å². The summed E-state index contributed by atoms with van der Waals surface area (Å²) in [6, 6.07) is 18.4. The summed E-state index contributed by atoms with van der Waals surface area (Å²) < 4.78 is 0. The number of para-hydroxylation sites is 1. The van der Waals surface area contributed by atoms with Crippen LogP contribution in [0.2, 0.25) is 5.02 Å². The molecule has 0 atom stereocenters. The Labute approximate surface area is 152 Å². The molecule has 0 unspecified atom stereocenters. The lowest BCUT2D eigenvalue weighted by molar-refractivity contribution is 0.947. The highest BCUT2D eigenvalue weighted by atomic mass is 35.5. The average Bonchev–Trinajstić information content (AvgIpc) is 3.08. The minimum atomic E-state index is 0.663. The highest BCUT2D eigenvalue weighted by Crippen LogP contribution is 2.33. The average molecular weight is 351 g/mol. The van der Waals surface area contributed by atoms with Crippen molar-refractivity contribution in [2.45, 2.75) is 12.8 Å². The molecule has 0 bridgehead atoms. The largest absolute Gasteiger partial charge is 0.354 e. The molecule has 2 heterocycles. The zero-order valence-corrected chi connectivity index (χ0v) is 14.6. The number of aromatic nitrogens is 2. The van der Waals surface area contributed by atoms with Gasteiger partial charge in [-0.1, -0.05) is 41.9 Å². The first-order chi connectivity index (χ1) is 12.3. The lowest BCUT2D eigenvalue weighted by atomic mass is 10.1. The van der Waals surface area contributed by atoms with Gasteiger partial charge in [-0.05, 0) is 48.2 Å². The molecule has 1 aliphatic rings. The maximum atomic E-state index is 5.92. The van der Waals surface area contributed by atoms with E-state index in [1.807, 2.05) is 36.5 Å². The molecule has 4 nitrogen and oxygen atoms in total. The third-order valence-electron chi connectivity index (χ3n) is 4.41. The topological polar surface area (TPSA) is 41.1 Å². The number of nitrogens with zero attached hydrogens (tertiary/aromatic N) is 3. The van der Waals surface area contributed by atoms with Gasteiger partial charge in [0.05, 0.1) is 0 Å². The van der Waals surface area contributed by atoms with E-state index in [2.05, 4.69) is 44.5 Å². The van der Waals surface area contributed by atoms with Crippen LogP contribution in [-0.4, -0.2) is 23.1 Å². The van der Waals surface area contributed by atoms with Crippen LogP contribution in [0.3, 0.4) is 0 Å². The molecule has 0 amide bonds. The molecule has 1 aromatic heterocycles. The van der Waals surface area contributed by atoms with Crippen LogP contribution < -0.4 is 10.2 Å². The molecule has 5 heteroatoms. The zero-order chi connectivity index (χ0) is 17.1. The number of anilines is 3. The molecule has 3 aromatic rings. The third-order valence-corrected chi connectivity index (χ3v) is 4.67. The van der Waals surface area contributed by atoms with Crippen molar-refractivity contribution in [3.8, 4) is 0 Å². The van der Waals surface area contributed by atoms with Gasteiger partial charge in [0.1, 0.15) is 5.82 Å². The van der Waals surface area contributed by atoms with E-state index in [0.717, 1.165) is 36.8 Å². The number of hydrogen-bond acceptors (Lipinski definition) is 4. The van der Waals surface area contributed by atoms with E-state index in [-0.39, 0.29) is 0 Å². The van der Waals surface area contributed by atoms with Gasteiger partial charge in [-0.3, -0.25) is 0 Å². The van der Waals surface area contributed by atoms with Crippen LogP contribution >= 0.6 is 11.6 Å². The maximum Gasteiger partial charge on any atom is 0.224 e. The Kier molecular flexibility index (Phi) is 4.53. The minimum absolute atomic E-state index is 0.663. The van der Waals surface area contributed by atoms with Gasteiger partial charge >= 0.3 is 0 Å². The second-order valence-corrected chi connectivity index (χ2v) is 6.51. The molecule has 0 radical (unpaired) electrons. The first-order valence-electron chi connectivity index (χ1n) is 8.46. The molecule has 0 saturated heterocycles. The summed E-state index contributed by atoms with van der Waals surface area (Å²) in [6.07, 6.45) is 3.77. The summed E-state index contributed by atoms with van der Waals surface area (Å²) >= 11 is 5.92. The van der Waals surface area contributed by atoms with Crippen LogP contribution in [0.5, 0.6) is 0 Å². The number of benzene rings is 2. The highest BCUT2D eigenvalue weighted by Gasteiger charge is 2.20. The van der Waals surface area contributed by atoms with E-state index >= 15 is 0 Å². The van der Waals surface area contributed by atoms with E-state index in [4.69, 9.17) is 11.6 Å². The van der Waals surface area contributed by atoms with Gasteiger partial charge in [-0.2, -0.15) is 4.98 Å². The molecule has 0 spiro atoms. The zero-order valence-electron chi connectivity index (χ0n) is 13.8. The number of hydrogen-bond donors (Lipinski definition) is 1. The summed E-state index contributed by atoms with van der Waals surface area (Å²) in [6.45, 7) is 1.74. The number of nitrogens with one attached hydrogen (secondary N) is 1. The van der Waals surface area contributed by atoms with E-state index < -0.39 is 0 Å². The van der Waals surface area contributed by atoms with Gasteiger partial charge in [0.2, 0.25) is 5.95 Å². The predicted molar refractivity (Wildman–Crippen MR) is 103 cm³/mol. The van der Waals surface area contributed by atoms with Crippen molar-refractivity contribution in [1.82, 2.24) is 9.97 Å². The molecule has 1 N–H and O–H groups in total. The molecular weight excluding hydrogens is 332 g/mol. The van der Waals surface area contributed by atoms with Gasteiger partial charge in [-0.25, -0.2) is 4.98 Å². The normalized spacial score (nSPS) is 12.9. The number of rotatable bonds is 5. The summed E-state index contributed by atoms with van der Waals surface area (Å²) in [5.41, 5.74) is 3.85. The van der Waals surface area contributed by atoms with Crippen molar-refractivity contribution in [2.24, 2.45) is 0 Å². The molecule has 0 aliphatic carbocycles. The second-order valence-electron chi connectivity index (χ2n) is 6.07. The Balaban J connectivity index is 1.43. The minimum Gasteiger partial charge on any atom is -0.354 e. The Morgan fingerprint density at radius 3 is 2.76 bits per heavy atom. The van der Waals surface area contributed by atoms with Crippen molar-refractivity contribution >= 4 is 29.1 Å². The fourth-order valence-electron chi connectivity index (χ4n) is 3.13. The molecule has 0 fully saturated rings. The smallest absolute Gasteiger partial charge is 0.224 e. The van der Waals surface area contributed by atoms with Crippen LogP contribution in [0.1, 0.15) is 11.1 Å². The summed E-state index contributed by atoms with van der Waals surface area (Å²) in [5, 5.41) is 4.08. The molecule has 126 valence electrons.